The first-order valence-corrected chi connectivity index (χ1v) is 9.49. The molecule has 1 unspecified atom stereocenters. The third kappa shape index (κ3) is 3.59. The first-order chi connectivity index (χ1) is 14.1. The highest BCUT2D eigenvalue weighted by Crippen LogP contribution is 2.29. The van der Waals surface area contributed by atoms with Crippen LogP contribution in [0, 0.1) is 17.2 Å². The molecule has 2 saturated heterocycles. The number of furan rings is 1. The third-order valence-electron chi connectivity index (χ3n) is 5.40. The van der Waals surface area contributed by atoms with Gasteiger partial charge in [0.15, 0.2) is 5.76 Å². The predicted octanol–water partition coefficient (Wildman–Crippen LogP) is 1.49. The highest BCUT2D eigenvalue weighted by atomic mass is 16.3. The quantitative estimate of drug-likeness (QED) is 0.788. The zero-order valence-corrected chi connectivity index (χ0v) is 15.8. The fourth-order valence-electron chi connectivity index (χ4n) is 3.85. The molecule has 0 aliphatic carbocycles. The average molecular weight is 392 g/mol. The molecule has 1 aromatic carbocycles. The fourth-order valence-corrected chi connectivity index (χ4v) is 3.85. The van der Waals surface area contributed by atoms with Gasteiger partial charge in [0, 0.05) is 39.1 Å². The van der Waals surface area contributed by atoms with E-state index in [4.69, 9.17) is 4.42 Å². The number of para-hydroxylation sites is 1. The van der Waals surface area contributed by atoms with Gasteiger partial charge in [0.25, 0.3) is 5.91 Å². The van der Waals surface area contributed by atoms with Crippen molar-refractivity contribution >= 4 is 23.4 Å². The Morgan fingerprint density at radius 1 is 1.03 bits per heavy atom. The average Bonchev–Trinajstić information content (AvgIpc) is 3.43. The van der Waals surface area contributed by atoms with Gasteiger partial charge in [-0.05, 0) is 24.3 Å². The standard InChI is InChI=1S/C21H20N4O4/c22-13-15-4-1-2-5-17(15)25-14-16(12-19(25)26)20(27)23-7-9-24(10-8-23)21(28)18-6-3-11-29-18/h1-6,11,16H,7-10,12,14H2. The molecular weight excluding hydrogens is 372 g/mol. The van der Waals surface area contributed by atoms with Crippen LogP contribution in [0.4, 0.5) is 5.69 Å². The number of rotatable bonds is 3. The lowest BCUT2D eigenvalue weighted by atomic mass is 10.1. The minimum Gasteiger partial charge on any atom is -0.459 e. The molecule has 8 nitrogen and oxygen atoms in total. The normalized spacial score (nSPS) is 19.3. The first kappa shape index (κ1) is 18.7. The number of amides is 3. The van der Waals surface area contributed by atoms with Crippen LogP contribution < -0.4 is 4.90 Å². The van der Waals surface area contributed by atoms with Crippen molar-refractivity contribution in [3.8, 4) is 6.07 Å². The van der Waals surface area contributed by atoms with Crippen molar-refractivity contribution in [1.29, 1.82) is 5.26 Å². The monoisotopic (exact) mass is 392 g/mol. The molecule has 0 spiro atoms. The number of anilines is 1. The maximum atomic E-state index is 12.9. The summed E-state index contributed by atoms with van der Waals surface area (Å²) in [4.78, 5) is 42.7. The van der Waals surface area contributed by atoms with Crippen molar-refractivity contribution in [2.24, 2.45) is 5.92 Å². The van der Waals surface area contributed by atoms with Gasteiger partial charge in [-0.15, -0.1) is 0 Å². The lowest BCUT2D eigenvalue weighted by Gasteiger charge is -2.35. The number of benzene rings is 1. The number of nitrogens with zero attached hydrogens (tertiary/aromatic N) is 4. The summed E-state index contributed by atoms with van der Waals surface area (Å²) in [7, 11) is 0. The van der Waals surface area contributed by atoms with Crippen LogP contribution in [0.1, 0.15) is 22.5 Å². The van der Waals surface area contributed by atoms with Crippen LogP contribution in [0.5, 0.6) is 0 Å². The van der Waals surface area contributed by atoms with E-state index >= 15 is 0 Å². The van der Waals surface area contributed by atoms with E-state index in [1.54, 1.807) is 46.2 Å². The number of carbonyl (C=O) groups excluding carboxylic acids is 3. The summed E-state index contributed by atoms with van der Waals surface area (Å²) in [6.07, 6.45) is 1.59. The van der Waals surface area contributed by atoms with Crippen LogP contribution in [0.25, 0.3) is 0 Å². The second-order valence-electron chi connectivity index (χ2n) is 7.13. The summed E-state index contributed by atoms with van der Waals surface area (Å²) >= 11 is 0. The number of hydrogen-bond acceptors (Lipinski definition) is 5. The van der Waals surface area contributed by atoms with E-state index in [0.29, 0.717) is 37.4 Å². The summed E-state index contributed by atoms with van der Waals surface area (Å²) in [6.45, 7) is 1.96. The summed E-state index contributed by atoms with van der Waals surface area (Å²) in [5.74, 6) is -0.574. The van der Waals surface area contributed by atoms with Gasteiger partial charge < -0.3 is 19.1 Å². The van der Waals surface area contributed by atoms with Crippen LogP contribution in [0.3, 0.4) is 0 Å². The molecular formula is C21H20N4O4. The van der Waals surface area contributed by atoms with Gasteiger partial charge >= 0.3 is 0 Å². The summed E-state index contributed by atoms with van der Waals surface area (Å²) in [5.41, 5.74) is 0.961. The van der Waals surface area contributed by atoms with Crippen LogP contribution in [-0.2, 0) is 9.59 Å². The second kappa shape index (κ2) is 7.80. The third-order valence-corrected chi connectivity index (χ3v) is 5.40. The van der Waals surface area contributed by atoms with Gasteiger partial charge in [-0.1, -0.05) is 12.1 Å². The number of carbonyl (C=O) groups is 3. The van der Waals surface area contributed by atoms with E-state index in [1.165, 1.54) is 11.2 Å². The minimum absolute atomic E-state index is 0.0830. The molecule has 8 heteroatoms. The van der Waals surface area contributed by atoms with Crippen molar-refractivity contribution in [2.45, 2.75) is 6.42 Å². The molecule has 148 valence electrons. The predicted molar refractivity (Wildman–Crippen MR) is 103 cm³/mol. The molecule has 4 rings (SSSR count). The van der Waals surface area contributed by atoms with E-state index < -0.39 is 5.92 Å². The molecule has 1 aromatic heterocycles. The number of hydrogen-bond donors (Lipinski definition) is 0. The van der Waals surface area contributed by atoms with Gasteiger partial charge in [-0.25, -0.2) is 0 Å². The first-order valence-electron chi connectivity index (χ1n) is 9.49. The molecule has 0 N–H and O–H groups in total. The minimum atomic E-state index is -0.443. The van der Waals surface area contributed by atoms with Crippen LogP contribution >= 0.6 is 0 Å². The zero-order chi connectivity index (χ0) is 20.4. The largest absolute Gasteiger partial charge is 0.459 e. The van der Waals surface area contributed by atoms with Gasteiger partial charge in [-0.2, -0.15) is 5.26 Å². The highest BCUT2D eigenvalue weighted by Gasteiger charge is 2.39. The molecule has 1 atom stereocenters. The summed E-state index contributed by atoms with van der Waals surface area (Å²) in [5, 5.41) is 9.28. The zero-order valence-electron chi connectivity index (χ0n) is 15.8. The van der Waals surface area contributed by atoms with E-state index in [-0.39, 0.29) is 36.4 Å². The van der Waals surface area contributed by atoms with E-state index in [1.807, 2.05) is 0 Å². The number of piperazine rings is 1. The molecule has 0 bridgehead atoms. The SMILES string of the molecule is N#Cc1ccccc1N1CC(C(=O)N2CCN(C(=O)c3ccco3)CC2)CC1=O. The van der Waals surface area contributed by atoms with Gasteiger partial charge in [0.2, 0.25) is 11.8 Å². The van der Waals surface area contributed by atoms with E-state index in [9.17, 15) is 19.6 Å². The Morgan fingerprint density at radius 3 is 2.45 bits per heavy atom. The molecule has 0 radical (unpaired) electrons. The van der Waals surface area contributed by atoms with Crippen LogP contribution in [-0.4, -0.2) is 60.2 Å². The lowest BCUT2D eigenvalue weighted by Crippen LogP contribution is -2.52. The van der Waals surface area contributed by atoms with Crippen LogP contribution in [0.15, 0.2) is 47.1 Å². The van der Waals surface area contributed by atoms with E-state index in [0.717, 1.165) is 0 Å². The molecule has 2 aliphatic heterocycles. The molecule has 3 heterocycles. The van der Waals surface area contributed by atoms with Gasteiger partial charge in [0.05, 0.1) is 23.4 Å². The maximum absolute atomic E-state index is 12.9. The Labute approximate surface area is 167 Å². The molecule has 0 saturated carbocycles. The molecule has 2 aromatic rings. The lowest BCUT2D eigenvalue weighted by molar-refractivity contribution is -0.137. The Morgan fingerprint density at radius 2 is 1.76 bits per heavy atom. The molecule has 2 aliphatic rings. The fraction of sp³-hybridized carbons (Fsp3) is 0.333. The van der Waals surface area contributed by atoms with Crippen LogP contribution in [0.2, 0.25) is 0 Å². The van der Waals surface area contributed by atoms with Crippen molar-refractivity contribution in [2.75, 3.05) is 37.6 Å². The maximum Gasteiger partial charge on any atom is 0.289 e. The van der Waals surface area contributed by atoms with Gasteiger partial charge in [0.1, 0.15) is 6.07 Å². The molecule has 29 heavy (non-hydrogen) atoms. The Kier molecular flexibility index (Phi) is 5.04. The smallest absolute Gasteiger partial charge is 0.289 e. The van der Waals surface area contributed by atoms with Crippen molar-refractivity contribution in [3.05, 3.63) is 54.0 Å². The van der Waals surface area contributed by atoms with Gasteiger partial charge in [-0.3, -0.25) is 14.4 Å². The highest BCUT2D eigenvalue weighted by molar-refractivity contribution is 6.01. The summed E-state index contributed by atoms with van der Waals surface area (Å²) in [6, 6.07) is 12.3. The molecule has 2 fully saturated rings. The number of nitriles is 1. The summed E-state index contributed by atoms with van der Waals surface area (Å²) < 4.78 is 5.15. The second-order valence-corrected chi connectivity index (χ2v) is 7.13. The van der Waals surface area contributed by atoms with E-state index in [2.05, 4.69) is 6.07 Å². The Hall–Kier alpha value is -3.60. The van der Waals surface area contributed by atoms with Crippen molar-refractivity contribution < 1.29 is 18.8 Å². The topological polar surface area (TPSA) is 97.9 Å². The Balaban J connectivity index is 1.38. The Bertz CT molecular complexity index is 971. The molecule has 3 amide bonds. The van der Waals surface area contributed by atoms with Crippen molar-refractivity contribution in [1.82, 2.24) is 9.80 Å². The van der Waals surface area contributed by atoms with Crippen molar-refractivity contribution in [3.63, 3.8) is 0 Å².